The van der Waals surface area contributed by atoms with Gasteiger partial charge in [-0.25, -0.2) is 9.97 Å². The van der Waals surface area contributed by atoms with Crippen molar-refractivity contribution in [2.24, 2.45) is 0 Å². The molecule has 2 aromatic heterocycles. The van der Waals surface area contributed by atoms with E-state index in [2.05, 4.69) is 39.0 Å². The van der Waals surface area contributed by atoms with Crippen molar-refractivity contribution < 1.29 is 0 Å². The molecule has 0 spiro atoms. The fraction of sp³-hybridized carbons (Fsp3) is 0.143. The zero-order valence-electron chi connectivity index (χ0n) is 10.5. The van der Waals surface area contributed by atoms with Crippen LogP contribution in [-0.4, -0.2) is 19.9 Å². The highest BCUT2D eigenvalue weighted by Crippen LogP contribution is 2.31. The number of imidazole rings is 2. The quantitative estimate of drug-likeness (QED) is 0.711. The third-order valence-electron chi connectivity index (χ3n) is 2.81. The van der Waals surface area contributed by atoms with E-state index in [1.54, 1.807) is 18.0 Å². The summed E-state index contributed by atoms with van der Waals surface area (Å²) in [4.78, 5) is 15.2. The summed E-state index contributed by atoms with van der Waals surface area (Å²) in [5.74, 6) is 0.959. The van der Waals surface area contributed by atoms with E-state index >= 15 is 0 Å². The molecule has 3 rings (SSSR count). The molecule has 0 aliphatic heterocycles. The Morgan fingerprint density at radius 2 is 2.00 bits per heavy atom. The van der Waals surface area contributed by atoms with E-state index in [9.17, 15) is 0 Å². The Morgan fingerprint density at radius 3 is 2.74 bits per heavy atom. The fourth-order valence-corrected chi connectivity index (χ4v) is 2.67. The average molecular weight is 270 g/mol. The first-order valence-corrected chi connectivity index (χ1v) is 6.97. The summed E-state index contributed by atoms with van der Waals surface area (Å²) in [6, 6.07) is 10.2. The molecule has 96 valence electrons. The highest BCUT2D eigenvalue weighted by molar-refractivity contribution is 7.99. The lowest BCUT2D eigenvalue weighted by molar-refractivity contribution is 0.946. The van der Waals surface area contributed by atoms with Crippen LogP contribution in [-0.2, 0) is 0 Å². The molecule has 5 heteroatoms. The van der Waals surface area contributed by atoms with Gasteiger partial charge in [-0.2, -0.15) is 0 Å². The van der Waals surface area contributed by atoms with Gasteiger partial charge in [0.2, 0.25) is 0 Å². The number of hydrogen-bond donors (Lipinski definition) is 2. The number of aromatic amines is 2. The summed E-state index contributed by atoms with van der Waals surface area (Å²) in [7, 11) is 0. The third kappa shape index (κ3) is 2.71. The van der Waals surface area contributed by atoms with Gasteiger partial charge < -0.3 is 9.97 Å². The van der Waals surface area contributed by atoms with Gasteiger partial charge in [-0.3, -0.25) is 0 Å². The number of rotatable bonds is 4. The Balaban J connectivity index is 1.78. The first-order chi connectivity index (χ1) is 9.33. The largest absolute Gasteiger partial charge is 0.347 e. The van der Waals surface area contributed by atoms with Crippen LogP contribution in [0.5, 0.6) is 0 Å². The first-order valence-electron chi connectivity index (χ1n) is 6.09. The van der Waals surface area contributed by atoms with Crippen LogP contribution < -0.4 is 0 Å². The molecule has 19 heavy (non-hydrogen) atoms. The maximum Gasteiger partial charge on any atom is 0.165 e. The van der Waals surface area contributed by atoms with Gasteiger partial charge in [-0.15, -0.1) is 0 Å². The molecule has 0 fully saturated rings. The highest BCUT2D eigenvalue weighted by atomic mass is 32.2. The van der Waals surface area contributed by atoms with E-state index in [0.29, 0.717) is 0 Å². The molecule has 0 amide bonds. The zero-order valence-corrected chi connectivity index (χ0v) is 11.3. The second-order valence-corrected chi connectivity index (χ2v) is 5.52. The van der Waals surface area contributed by atoms with Crippen LogP contribution in [0.3, 0.4) is 0 Å². The van der Waals surface area contributed by atoms with Crippen molar-refractivity contribution in [1.82, 2.24) is 19.9 Å². The van der Waals surface area contributed by atoms with Gasteiger partial charge in [0.25, 0.3) is 0 Å². The van der Waals surface area contributed by atoms with E-state index in [4.69, 9.17) is 0 Å². The van der Waals surface area contributed by atoms with Crippen molar-refractivity contribution in [3.63, 3.8) is 0 Å². The van der Waals surface area contributed by atoms with Gasteiger partial charge in [-0.05, 0) is 6.92 Å². The number of H-pyrrole nitrogens is 2. The first kappa shape index (κ1) is 12.0. The normalized spacial score (nSPS) is 12.5. The Bertz CT molecular complexity index is 631. The summed E-state index contributed by atoms with van der Waals surface area (Å²) in [6.07, 6.45) is 5.53. The predicted octanol–water partition coefficient (Wildman–Crippen LogP) is 3.65. The van der Waals surface area contributed by atoms with Gasteiger partial charge in [0.05, 0.1) is 10.9 Å². The second kappa shape index (κ2) is 5.32. The number of hydrogen-bond acceptors (Lipinski definition) is 3. The number of aromatic nitrogens is 4. The summed E-state index contributed by atoms with van der Waals surface area (Å²) >= 11 is 1.65. The maximum absolute atomic E-state index is 4.64. The zero-order chi connectivity index (χ0) is 13.1. The monoisotopic (exact) mass is 270 g/mol. The molecule has 1 unspecified atom stereocenters. The third-order valence-corrected chi connectivity index (χ3v) is 3.84. The standard InChI is InChI=1S/C14H14N4S/c1-10(19-14-15-7-8-16-14)13-17-9-12(18-13)11-5-3-2-4-6-11/h2-10H,1H3,(H,15,16)(H,17,18). The molecular weight excluding hydrogens is 256 g/mol. The Morgan fingerprint density at radius 1 is 1.16 bits per heavy atom. The van der Waals surface area contributed by atoms with Gasteiger partial charge in [0, 0.05) is 24.2 Å². The minimum atomic E-state index is 0.226. The molecule has 2 N–H and O–H groups in total. The van der Waals surface area contributed by atoms with E-state index in [0.717, 1.165) is 22.2 Å². The van der Waals surface area contributed by atoms with Gasteiger partial charge in [0.15, 0.2) is 5.16 Å². The summed E-state index contributed by atoms with van der Waals surface area (Å²) in [5, 5.41) is 1.13. The number of benzene rings is 1. The molecule has 0 aliphatic carbocycles. The SMILES string of the molecule is CC(Sc1ncc[nH]1)c1nc(-c2ccccc2)c[nH]1. The molecule has 4 nitrogen and oxygen atoms in total. The van der Waals surface area contributed by atoms with Crippen molar-refractivity contribution >= 4 is 11.8 Å². The lowest BCUT2D eigenvalue weighted by atomic mass is 10.2. The van der Waals surface area contributed by atoms with Crippen LogP contribution in [0.4, 0.5) is 0 Å². The van der Waals surface area contributed by atoms with Gasteiger partial charge >= 0.3 is 0 Å². The highest BCUT2D eigenvalue weighted by Gasteiger charge is 2.13. The van der Waals surface area contributed by atoms with Crippen LogP contribution in [0, 0.1) is 0 Å². The van der Waals surface area contributed by atoms with Crippen molar-refractivity contribution in [3.05, 3.63) is 54.7 Å². The summed E-state index contributed by atoms with van der Waals surface area (Å²) in [6.45, 7) is 2.11. The lowest BCUT2D eigenvalue weighted by Crippen LogP contribution is -1.92. The van der Waals surface area contributed by atoms with Crippen LogP contribution in [0.2, 0.25) is 0 Å². The molecule has 3 aromatic rings. The average Bonchev–Trinajstić information content (AvgIpc) is 3.10. The molecule has 0 saturated carbocycles. The van der Waals surface area contributed by atoms with Gasteiger partial charge in [0.1, 0.15) is 5.82 Å². The second-order valence-electron chi connectivity index (χ2n) is 4.19. The van der Waals surface area contributed by atoms with Crippen molar-refractivity contribution in [3.8, 4) is 11.3 Å². The molecule has 0 radical (unpaired) electrons. The Kier molecular flexibility index (Phi) is 3.37. The lowest BCUT2D eigenvalue weighted by Gasteiger charge is -2.05. The fourth-order valence-electron chi connectivity index (χ4n) is 1.84. The van der Waals surface area contributed by atoms with Crippen LogP contribution >= 0.6 is 11.8 Å². The number of nitrogens with zero attached hydrogens (tertiary/aromatic N) is 2. The van der Waals surface area contributed by atoms with Gasteiger partial charge in [-0.1, -0.05) is 42.1 Å². The van der Waals surface area contributed by atoms with E-state index in [1.807, 2.05) is 30.6 Å². The molecule has 1 aromatic carbocycles. The number of thioether (sulfide) groups is 1. The maximum atomic E-state index is 4.64. The topological polar surface area (TPSA) is 57.4 Å². The molecular formula is C14H14N4S. The summed E-state index contributed by atoms with van der Waals surface area (Å²) < 4.78 is 0. The predicted molar refractivity (Wildman–Crippen MR) is 76.9 cm³/mol. The van der Waals surface area contributed by atoms with Crippen LogP contribution in [0.25, 0.3) is 11.3 Å². The van der Waals surface area contributed by atoms with E-state index < -0.39 is 0 Å². The number of nitrogens with one attached hydrogen (secondary N) is 2. The van der Waals surface area contributed by atoms with E-state index in [1.165, 1.54) is 0 Å². The minimum absolute atomic E-state index is 0.226. The van der Waals surface area contributed by atoms with Crippen LogP contribution in [0.1, 0.15) is 18.0 Å². The van der Waals surface area contributed by atoms with Crippen LogP contribution in [0.15, 0.2) is 54.1 Å². The molecule has 0 bridgehead atoms. The van der Waals surface area contributed by atoms with Crippen molar-refractivity contribution in [1.29, 1.82) is 0 Å². The van der Waals surface area contributed by atoms with Crippen molar-refractivity contribution in [2.75, 3.05) is 0 Å². The Hall–Kier alpha value is -2.01. The molecule has 0 saturated heterocycles. The molecule has 2 heterocycles. The van der Waals surface area contributed by atoms with E-state index in [-0.39, 0.29) is 5.25 Å². The smallest absolute Gasteiger partial charge is 0.165 e. The Labute approximate surface area is 115 Å². The summed E-state index contributed by atoms with van der Waals surface area (Å²) in [5.41, 5.74) is 2.10. The van der Waals surface area contributed by atoms with Crippen molar-refractivity contribution in [2.45, 2.75) is 17.3 Å². The minimum Gasteiger partial charge on any atom is -0.347 e. The molecule has 0 aliphatic rings. The molecule has 1 atom stereocenters.